The summed E-state index contributed by atoms with van der Waals surface area (Å²) in [4.78, 5) is 20.5. The van der Waals surface area contributed by atoms with Crippen LogP contribution in [0.4, 0.5) is 17.1 Å². The van der Waals surface area contributed by atoms with Crippen LogP contribution in [-0.4, -0.2) is 40.8 Å². The van der Waals surface area contributed by atoms with Gasteiger partial charge in [0.2, 0.25) is 0 Å². The lowest BCUT2D eigenvalue weighted by atomic mass is 9.96. The average Bonchev–Trinajstić information content (AvgIpc) is 3.43. The van der Waals surface area contributed by atoms with Gasteiger partial charge in [0.05, 0.1) is 35.9 Å². The van der Waals surface area contributed by atoms with Gasteiger partial charge in [0.25, 0.3) is 5.69 Å². The SMILES string of the molecule is COc1ccc(-n2c(C)cc([C@@H]3[C@H](c4ccccn4)NC(=S)N3c3ccc(N(C)C)cc3)c2C)c([N+](=O)[O-])c1. The molecule has 39 heavy (non-hydrogen) atoms. The Hall–Kier alpha value is -4.44. The van der Waals surface area contributed by atoms with E-state index < -0.39 is 0 Å². The van der Waals surface area contributed by atoms with Crippen molar-refractivity contribution in [2.75, 3.05) is 31.0 Å². The summed E-state index contributed by atoms with van der Waals surface area (Å²) >= 11 is 5.89. The van der Waals surface area contributed by atoms with Gasteiger partial charge in [-0.15, -0.1) is 0 Å². The fourth-order valence-corrected chi connectivity index (χ4v) is 5.63. The monoisotopic (exact) mass is 542 g/mol. The van der Waals surface area contributed by atoms with Gasteiger partial charge in [-0.05, 0) is 86.2 Å². The molecule has 4 aromatic rings. The van der Waals surface area contributed by atoms with E-state index in [4.69, 9.17) is 17.0 Å². The first kappa shape index (κ1) is 26.2. The molecule has 0 spiro atoms. The molecule has 1 saturated heterocycles. The van der Waals surface area contributed by atoms with Crippen LogP contribution in [0.25, 0.3) is 5.69 Å². The number of hydrogen-bond donors (Lipinski definition) is 1. The minimum absolute atomic E-state index is 0.0276. The van der Waals surface area contributed by atoms with E-state index >= 15 is 0 Å². The number of nitro groups is 1. The summed E-state index contributed by atoms with van der Waals surface area (Å²) in [5.74, 6) is 0.432. The zero-order valence-corrected chi connectivity index (χ0v) is 23.3. The van der Waals surface area contributed by atoms with Gasteiger partial charge in [0, 0.05) is 43.1 Å². The minimum atomic E-state index is -0.377. The highest BCUT2D eigenvalue weighted by Gasteiger charge is 2.42. The van der Waals surface area contributed by atoms with Crippen molar-refractivity contribution < 1.29 is 9.66 Å². The van der Waals surface area contributed by atoms with Crippen LogP contribution in [0.1, 0.15) is 34.7 Å². The predicted molar refractivity (Wildman–Crippen MR) is 157 cm³/mol. The summed E-state index contributed by atoms with van der Waals surface area (Å²) in [6.45, 7) is 3.94. The second-order valence-electron chi connectivity index (χ2n) is 9.68. The van der Waals surface area contributed by atoms with Crippen molar-refractivity contribution in [1.29, 1.82) is 0 Å². The third kappa shape index (κ3) is 4.67. The number of benzene rings is 2. The highest BCUT2D eigenvalue weighted by Crippen LogP contribution is 2.44. The fraction of sp³-hybridized carbons (Fsp3) is 0.241. The lowest BCUT2D eigenvalue weighted by molar-refractivity contribution is -0.384. The zero-order chi connectivity index (χ0) is 27.8. The molecule has 2 atom stereocenters. The lowest BCUT2D eigenvalue weighted by Crippen LogP contribution is -2.29. The van der Waals surface area contributed by atoms with Gasteiger partial charge in [-0.25, -0.2) is 0 Å². The second-order valence-corrected chi connectivity index (χ2v) is 10.1. The van der Waals surface area contributed by atoms with Gasteiger partial charge >= 0.3 is 0 Å². The van der Waals surface area contributed by atoms with E-state index in [0.29, 0.717) is 16.5 Å². The number of hydrogen-bond acceptors (Lipinski definition) is 6. The average molecular weight is 543 g/mol. The number of pyridine rings is 1. The van der Waals surface area contributed by atoms with Crippen LogP contribution in [0.2, 0.25) is 0 Å². The molecular weight excluding hydrogens is 512 g/mol. The molecule has 0 bridgehead atoms. The standard InChI is InChI=1S/C29H30N6O3S/c1-18-16-23(19(2)33(18)25-14-13-22(38-5)17-26(25)35(36)37)28-27(24-8-6-7-15-30-24)31-29(39)34(28)21-11-9-20(10-12-21)32(3)4/h6-17,27-28H,1-5H3,(H,31,39)/t27-,28+/m0/s1. The summed E-state index contributed by atoms with van der Waals surface area (Å²) in [5, 5.41) is 16.1. The minimum Gasteiger partial charge on any atom is -0.496 e. The van der Waals surface area contributed by atoms with Crippen LogP contribution in [0.5, 0.6) is 5.75 Å². The molecule has 0 aliphatic carbocycles. The molecule has 2 aromatic carbocycles. The summed E-state index contributed by atoms with van der Waals surface area (Å²) in [6, 6.07) is 20.6. The van der Waals surface area contributed by atoms with Crippen molar-refractivity contribution in [3.63, 3.8) is 0 Å². The van der Waals surface area contributed by atoms with Crippen molar-refractivity contribution >= 4 is 34.4 Å². The highest BCUT2D eigenvalue weighted by molar-refractivity contribution is 7.80. The molecule has 0 radical (unpaired) electrons. The first-order valence-corrected chi connectivity index (χ1v) is 12.9. The van der Waals surface area contributed by atoms with E-state index in [2.05, 4.69) is 45.5 Å². The van der Waals surface area contributed by atoms with E-state index in [-0.39, 0.29) is 22.7 Å². The Morgan fingerprint density at radius 2 is 1.82 bits per heavy atom. The lowest BCUT2D eigenvalue weighted by Gasteiger charge is -2.28. The second kappa shape index (κ2) is 10.4. The van der Waals surface area contributed by atoms with E-state index in [1.165, 1.54) is 13.2 Å². The topological polar surface area (TPSA) is 88.7 Å². The summed E-state index contributed by atoms with van der Waals surface area (Å²) < 4.78 is 7.18. The molecule has 9 nitrogen and oxygen atoms in total. The number of rotatable bonds is 7. The molecule has 1 aliphatic rings. The number of methoxy groups -OCH3 is 1. The van der Waals surface area contributed by atoms with Gasteiger partial charge in [0.1, 0.15) is 11.4 Å². The van der Waals surface area contributed by atoms with Gasteiger partial charge in [-0.2, -0.15) is 0 Å². The van der Waals surface area contributed by atoms with Crippen LogP contribution >= 0.6 is 12.2 Å². The number of nitrogens with zero attached hydrogens (tertiary/aromatic N) is 5. The molecule has 3 heterocycles. The maximum atomic E-state index is 12.0. The normalized spacial score (nSPS) is 16.7. The molecule has 0 unspecified atom stereocenters. The molecule has 1 fully saturated rings. The number of ether oxygens (including phenoxy) is 1. The first-order chi connectivity index (χ1) is 18.7. The molecule has 0 amide bonds. The molecule has 200 valence electrons. The molecule has 5 rings (SSSR count). The number of nitro benzene ring substituents is 1. The quantitative estimate of drug-likeness (QED) is 0.182. The van der Waals surface area contributed by atoms with Gasteiger partial charge < -0.3 is 24.4 Å². The fourth-order valence-electron chi connectivity index (χ4n) is 5.28. The van der Waals surface area contributed by atoms with Crippen molar-refractivity contribution in [1.82, 2.24) is 14.9 Å². The summed E-state index contributed by atoms with van der Waals surface area (Å²) in [7, 11) is 5.50. The number of nitrogens with one attached hydrogen (secondary N) is 1. The Balaban J connectivity index is 1.68. The zero-order valence-electron chi connectivity index (χ0n) is 22.5. The molecule has 0 saturated carbocycles. The molecule has 1 N–H and O–H groups in total. The molecule has 1 aliphatic heterocycles. The third-order valence-corrected chi connectivity index (χ3v) is 7.47. The van der Waals surface area contributed by atoms with Crippen LogP contribution in [0.3, 0.4) is 0 Å². The Bertz CT molecular complexity index is 1530. The smallest absolute Gasteiger partial charge is 0.296 e. The van der Waals surface area contributed by atoms with Gasteiger partial charge in [-0.1, -0.05) is 6.07 Å². The van der Waals surface area contributed by atoms with Crippen LogP contribution in [-0.2, 0) is 0 Å². The molecular formula is C29H30N6O3S. The number of thiocarbonyl (C=S) groups is 1. The van der Waals surface area contributed by atoms with Crippen molar-refractivity contribution in [2.24, 2.45) is 0 Å². The summed E-state index contributed by atoms with van der Waals surface area (Å²) in [6.07, 6.45) is 1.77. The van der Waals surface area contributed by atoms with E-state index in [0.717, 1.165) is 34.0 Å². The van der Waals surface area contributed by atoms with Crippen LogP contribution in [0.15, 0.2) is 72.9 Å². The third-order valence-electron chi connectivity index (χ3n) is 7.15. The molecule has 2 aromatic heterocycles. The molecule has 10 heteroatoms. The van der Waals surface area contributed by atoms with Crippen molar-refractivity contribution in [3.8, 4) is 11.4 Å². The Kier molecular flexibility index (Phi) is 6.96. The Morgan fingerprint density at radius 1 is 1.08 bits per heavy atom. The Labute approximate surface area is 232 Å². The maximum Gasteiger partial charge on any atom is 0.296 e. The van der Waals surface area contributed by atoms with E-state index in [1.54, 1.807) is 18.3 Å². The van der Waals surface area contributed by atoms with Gasteiger partial charge in [0.15, 0.2) is 5.11 Å². The van der Waals surface area contributed by atoms with Crippen molar-refractivity contribution in [3.05, 3.63) is 106 Å². The van der Waals surface area contributed by atoms with Crippen LogP contribution < -0.4 is 19.9 Å². The number of anilines is 2. The number of aromatic nitrogens is 2. The highest BCUT2D eigenvalue weighted by atomic mass is 32.1. The largest absolute Gasteiger partial charge is 0.496 e. The number of aryl methyl sites for hydroxylation is 1. The van der Waals surface area contributed by atoms with E-state index in [9.17, 15) is 10.1 Å². The van der Waals surface area contributed by atoms with Crippen molar-refractivity contribution in [2.45, 2.75) is 25.9 Å². The van der Waals surface area contributed by atoms with Gasteiger partial charge in [-0.3, -0.25) is 15.1 Å². The van der Waals surface area contributed by atoms with Crippen LogP contribution in [0, 0.1) is 24.0 Å². The Morgan fingerprint density at radius 3 is 2.44 bits per heavy atom. The predicted octanol–water partition coefficient (Wildman–Crippen LogP) is 5.65. The van der Waals surface area contributed by atoms with E-state index in [1.807, 2.05) is 55.6 Å². The summed E-state index contributed by atoms with van der Waals surface area (Å²) in [5.41, 5.74) is 6.09. The first-order valence-electron chi connectivity index (χ1n) is 12.5. The maximum absolute atomic E-state index is 12.0.